The average Bonchev–Trinajstić information content (AvgIpc) is 3.20. The number of benzene rings is 1. The number of nitrogens with zero attached hydrogens (tertiary/aromatic N) is 1. The van der Waals surface area contributed by atoms with Gasteiger partial charge in [-0.05, 0) is 44.7 Å². The zero-order chi connectivity index (χ0) is 14.2. The molecule has 1 atom stereocenters. The predicted molar refractivity (Wildman–Crippen MR) is 83.4 cm³/mol. The number of β-amino-alcohol motifs (C(OH)–C–C–N with tert-alkyl or cyclic N) is 1. The van der Waals surface area contributed by atoms with Gasteiger partial charge in [-0.25, -0.2) is 0 Å². The number of aliphatic hydroxyl groups is 1. The van der Waals surface area contributed by atoms with Crippen LogP contribution in [0.1, 0.15) is 38.2 Å². The molecule has 1 saturated carbocycles. The van der Waals surface area contributed by atoms with Gasteiger partial charge in [0.15, 0.2) is 0 Å². The van der Waals surface area contributed by atoms with Gasteiger partial charge < -0.3 is 15.3 Å². The largest absolute Gasteiger partial charge is 0.388 e. The Morgan fingerprint density at radius 2 is 2.25 bits per heavy atom. The summed E-state index contributed by atoms with van der Waals surface area (Å²) in [7, 11) is 0. The van der Waals surface area contributed by atoms with Gasteiger partial charge >= 0.3 is 0 Å². The zero-order valence-corrected chi connectivity index (χ0v) is 12.8. The Morgan fingerprint density at radius 1 is 1.45 bits per heavy atom. The van der Waals surface area contributed by atoms with Crippen LogP contribution in [-0.2, 0) is 6.54 Å². The topological polar surface area (TPSA) is 35.5 Å². The van der Waals surface area contributed by atoms with E-state index in [1.807, 2.05) is 19.1 Å². The van der Waals surface area contributed by atoms with Crippen LogP contribution in [-0.4, -0.2) is 29.8 Å². The molecule has 4 heteroatoms. The van der Waals surface area contributed by atoms with Gasteiger partial charge in [0.2, 0.25) is 0 Å². The fourth-order valence-electron chi connectivity index (χ4n) is 2.98. The maximum atomic E-state index is 10.3. The van der Waals surface area contributed by atoms with Crippen LogP contribution in [0.4, 0.5) is 5.69 Å². The molecule has 1 aliphatic heterocycles. The zero-order valence-electron chi connectivity index (χ0n) is 12.0. The standard InChI is InChI=1S/C16H23ClN2O/c1-16(20)8-3-9-19(11-16)15-5-2-4-14(17)13(15)10-18-12-6-7-12/h2,4-5,12,18,20H,3,6-11H2,1H3. The van der Waals surface area contributed by atoms with Gasteiger partial charge in [-0.15, -0.1) is 0 Å². The molecule has 2 aliphatic rings. The molecule has 110 valence electrons. The molecule has 3 rings (SSSR count). The van der Waals surface area contributed by atoms with E-state index in [9.17, 15) is 5.11 Å². The molecule has 1 heterocycles. The highest BCUT2D eigenvalue weighted by atomic mass is 35.5. The van der Waals surface area contributed by atoms with Crippen molar-refractivity contribution < 1.29 is 5.11 Å². The molecular formula is C16H23ClN2O. The molecule has 1 unspecified atom stereocenters. The summed E-state index contributed by atoms with van der Waals surface area (Å²) < 4.78 is 0. The first-order valence-electron chi connectivity index (χ1n) is 7.53. The number of hydrogen-bond donors (Lipinski definition) is 2. The second-order valence-corrected chi connectivity index (χ2v) is 6.82. The third-order valence-electron chi connectivity index (χ3n) is 4.25. The van der Waals surface area contributed by atoms with Gasteiger partial charge in [0.25, 0.3) is 0 Å². The van der Waals surface area contributed by atoms with Crippen LogP contribution >= 0.6 is 11.6 Å². The number of piperidine rings is 1. The van der Waals surface area contributed by atoms with E-state index in [4.69, 9.17) is 11.6 Å². The molecule has 1 aromatic rings. The molecule has 2 N–H and O–H groups in total. The van der Waals surface area contributed by atoms with Crippen molar-refractivity contribution in [3.8, 4) is 0 Å². The second kappa shape index (κ2) is 5.55. The molecule has 0 radical (unpaired) electrons. The molecule has 2 fully saturated rings. The molecule has 1 aromatic carbocycles. The lowest BCUT2D eigenvalue weighted by Crippen LogP contribution is -2.46. The van der Waals surface area contributed by atoms with E-state index >= 15 is 0 Å². The summed E-state index contributed by atoms with van der Waals surface area (Å²) >= 11 is 6.39. The summed E-state index contributed by atoms with van der Waals surface area (Å²) in [5.74, 6) is 0. The quantitative estimate of drug-likeness (QED) is 0.896. The lowest BCUT2D eigenvalue weighted by molar-refractivity contribution is 0.0449. The maximum absolute atomic E-state index is 10.3. The summed E-state index contributed by atoms with van der Waals surface area (Å²) in [6.07, 6.45) is 4.45. The van der Waals surface area contributed by atoms with E-state index in [1.165, 1.54) is 24.1 Å². The Morgan fingerprint density at radius 3 is 2.95 bits per heavy atom. The SMILES string of the molecule is CC1(O)CCCN(c2cccc(Cl)c2CNC2CC2)C1. The first-order valence-corrected chi connectivity index (χ1v) is 7.91. The van der Waals surface area contributed by atoms with Gasteiger partial charge in [-0.2, -0.15) is 0 Å². The molecule has 0 spiro atoms. The number of hydrogen-bond acceptors (Lipinski definition) is 3. The van der Waals surface area contributed by atoms with Gasteiger partial charge in [0, 0.05) is 41.9 Å². The van der Waals surface area contributed by atoms with E-state index in [1.54, 1.807) is 0 Å². The van der Waals surface area contributed by atoms with Crippen LogP contribution in [0.3, 0.4) is 0 Å². The fraction of sp³-hybridized carbons (Fsp3) is 0.625. The van der Waals surface area contributed by atoms with Crippen LogP contribution in [0.2, 0.25) is 5.02 Å². The minimum atomic E-state index is -0.595. The normalized spacial score (nSPS) is 26.9. The Kier molecular flexibility index (Phi) is 3.93. The highest BCUT2D eigenvalue weighted by Crippen LogP contribution is 2.32. The van der Waals surface area contributed by atoms with E-state index < -0.39 is 5.60 Å². The van der Waals surface area contributed by atoms with Crippen molar-refractivity contribution in [2.45, 2.75) is 50.8 Å². The van der Waals surface area contributed by atoms with Crippen molar-refractivity contribution in [2.75, 3.05) is 18.0 Å². The summed E-state index contributed by atoms with van der Waals surface area (Å²) in [6.45, 7) is 4.42. The van der Waals surface area contributed by atoms with E-state index in [0.29, 0.717) is 12.6 Å². The van der Waals surface area contributed by atoms with Crippen LogP contribution in [0, 0.1) is 0 Å². The van der Waals surface area contributed by atoms with Crippen molar-refractivity contribution >= 4 is 17.3 Å². The van der Waals surface area contributed by atoms with Crippen LogP contribution in [0.15, 0.2) is 18.2 Å². The minimum Gasteiger partial charge on any atom is -0.388 e. The molecule has 1 aliphatic carbocycles. The molecule has 3 nitrogen and oxygen atoms in total. The van der Waals surface area contributed by atoms with Gasteiger partial charge in [-0.3, -0.25) is 0 Å². The monoisotopic (exact) mass is 294 g/mol. The number of nitrogens with one attached hydrogen (secondary N) is 1. The summed E-state index contributed by atoms with van der Waals surface area (Å²) in [5, 5.41) is 14.7. The highest BCUT2D eigenvalue weighted by molar-refractivity contribution is 6.31. The number of halogens is 1. The first kappa shape index (κ1) is 14.2. The molecule has 0 bridgehead atoms. The van der Waals surface area contributed by atoms with Gasteiger partial charge in [0.05, 0.1) is 5.60 Å². The smallest absolute Gasteiger partial charge is 0.0794 e. The number of rotatable bonds is 4. The van der Waals surface area contributed by atoms with Crippen LogP contribution < -0.4 is 10.2 Å². The highest BCUT2D eigenvalue weighted by Gasteiger charge is 2.30. The average molecular weight is 295 g/mol. The van der Waals surface area contributed by atoms with Crippen molar-refractivity contribution in [2.24, 2.45) is 0 Å². The molecule has 1 saturated heterocycles. The van der Waals surface area contributed by atoms with Crippen molar-refractivity contribution in [1.82, 2.24) is 5.32 Å². The molecule has 20 heavy (non-hydrogen) atoms. The van der Waals surface area contributed by atoms with Crippen LogP contribution in [0.25, 0.3) is 0 Å². The molecule has 0 amide bonds. The van der Waals surface area contributed by atoms with E-state index in [-0.39, 0.29) is 0 Å². The Labute approximate surface area is 125 Å². The van der Waals surface area contributed by atoms with E-state index in [2.05, 4.69) is 16.3 Å². The minimum absolute atomic E-state index is 0.595. The predicted octanol–water partition coefficient (Wildman–Crippen LogP) is 2.94. The summed E-state index contributed by atoms with van der Waals surface area (Å²) in [6, 6.07) is 6.75. The van der Waals surface area contributed by atoms with E-state index in [0.717, 1.165) is 31.0 Å². The van der Waals surface area contributed by atoms with Crippen molar-refractivity contribution in [1.29, 1.82) is 0 Å². The third kappa shape index (κ3) is 3.27. The third-order valence-corrected chi connectivity index (χ3v) is 4.61. The Bertz CT molecular complexity index is 485. The van der Waals surface area contributed by atoms with Gasteiger partial charge in [0.1, 0.15) is 0 Å². The Balaban J connectivity index is 1.81. The van der Waals surface area contributed by atoms with Crippen LogP contribution in [0.5, 0.6) is 0 Å². The van der Waals surface area contributed by atoms with Crippen molar-refractivity contribution in [3.63, 3.8) is 0 Å². The lowest BCUT2D eigenvalue weighted by atomic mass is 9.94. The van der Waals surface area contributed by atoms with Gasteiger partial charge in [-0.1, -0.05) is 17.7 Å². The summed E-state index contributed by atoms with van der Waals surface area (Å²) in [5.41, 5.74) is 1.74. The number of anilines is 1. The second-order valence-electron chi connectivity index (χ2n) is 6.41. The van der Waals surface area contributed by atoms with Crippen molar-refractivity contribution in [3.05, 3.63) is 28.8 Å². The summed E-state index contributed by atoms with van der Waals surface area (Å²) in [4.78, 5) is 2.28. The first-order chi connectivity index (χ1) is 9.55. The molecule has 0 aromatic heterocycles. The molecular weight excluding hydrogens is 272 g/mol. The maximum Gasteiger partial charge on any atom is 0.0794 e. The Hall–Kier alpha value is -0.770. The fourth-order valence-corrected chi connectivity index (χ4v) is 3.21. The lowest BCUT2D eigenvalue weighted by Gasteiger charge is -2.39.